The molecule has 2 aromatic heterocycles. The number of nitriles is 1. The van der Waals surface area contributed by atoms with Gasteiger partial charge in [0.25, 0.3) is 0 Å². The van der Waals surface area contributed by atoms with Gasteiger partial charge in [0.05, 0.1) is 29.9 Å². The number of oxazole rings is 1. The maximum absolute atomic E-state index is 9.30. The summed E-state index contributed by atoms with van der Waals surface area (Å²) in [6, 6.07) is 20.1. The molecule has 5 aromatic rings. The molecule has 0 radical (unpaired) electrons. The molecule has 1 saturated heterocycles. The van der Waals surface area contributed by atoms with Crippen LogP contribution >= 0.6 is 11.6 Å². The molecule has 0 saturated carbocycles. The molecule has 1 N–H and O–H groups in total. The first-order chi connectivity index (χ1) is 24.5. The van der Waals surface area contributed by atoms with E-state index >= 15 is 0 Å². The zero-order chi connectivity index (χ0) is 34.7. The summed E-state index contributed by atoms with van der Waals surface area (Å²) < 4.78 is 24.2. The molecule has 0 aliphatic carbocycles. The van der Waals surface area contributed by atoms with Crippen molar-refractivity contribution in [2.75, 3.05) is 26.2 Å². The largest absolute Gasteiger partial charge is 0.493 e. The van der Waals surface area contributed by atoms with E-state index in [0.29, 0.717) is 48.4 Å². The Morgan fingerprint density at radius 1 is 0.840 bits per heavy atom. The molecule has 50 heavy (non-hydrogen) atoms. The maximum Gasteiger partial charge on any atom is 0.180 e. The molecule has 10 heteroatoms. The summed E-state index contributed by atoms with van der Waals surface area (Å²) in [6.45, 7) is 9.97. The number of halogens is 1. The lowest BCUT2D eigenvalue weighted by atomic mass is 9.93. The van der Waals surface area contributed by atoms with Crippen LogP contribution in [-0.2, 0) is 26.3 Å². The van der Waals surface area contributed by atoms with E-state index in [1.165, 1.54) is 38.5 Å². The van der Waals surface area contributed by atoms with Gasteiger partial charge in [0, 0.05) is 42.7 Å². The van der Waals surface area contributed by atoms with Crippen molar-refractivity contribution in [3.05, 3.63) is 124 Å². The first kappa shape index (κ1) is 35.0. The Kier molecular flexibility index (Phi) is 12.0. The molecule has 0 amide bonds. The lowest BCUT2D eigenvalue weighted by Gasteiger charge is -2.18. The van der Waals surface area contributed by atoms with E-state index < -0.39 is 0 Å². The highest BCUT2D eigenvalue weighted by Crippen LogP contribution is 2.36. The summed E-state index contributed by atoms with van der Waals surface area (Å²) in [7, 11) is 0. The first-order valence-corrected chi connectivity index (χ1v) is 17.4. The summed E-state index contributed by atoms with van der Waals surface area (Å²) in [5.41, 5.74) is 7.69. The molecule has 0 bridgehead atoms. The number of benzene rings is 3. The van der Waals surface area contributed by atoms with Gasteiger partial charge in [0.15, 0.2) is 6.39 Å². The SMILES string of the molecule is Cc1c(COc2cc(OCc3cncc(C#N)c3)c(CNCc3cnco3)cc2Cl)cccc1-c1cccc(OCCCN2CCCC2)c1C. The number of likely N-dealkylation sites (tertiary alicyclic amines) is 1. The van der Waals surface area contributed by atoms with Crippen LogP contribution in [0.1, 0.15) is 58.4 Å². The Morgan fingerprint density at radius 3 is 2.44 bits per heavy atom. The van der Waals surface area contributed by atoms with Gasteiger partial charge in [-0.3, -0.25) is 4.98 Å². The second-order valence-electron chi connectivity index (χ2n) is 12.5. The monoisotopic (exact) mass is 691 g/mol. The maximum atomic E-state index is 9.30. The minimum Gasteiger partial charge on any atom is -0.493 e. The zero-order valence-corrected chi connectivity index (χ0v) is 29.3. The average Bonchev–Trinajstić information content (AvgIpc) is 3.86. The Bertz CT molecular complexity index is 1920. The van der Waals surface area contributed by atoms with Crippen LogP contribution in [0.5, 0.6) is 17.2 Å². The van der Waals surface area contributed by atoms with Gasteiger partial charge in [-0.25, -0.2) is 4.98 Å². The summed E-state index contributed by atoms with van der Waals surface area (Å²) >= 11 is 6.80. The van der Waals surface area contributed by atoms with Gasteiger partial charge in [0.1, 0.15) is 42.3 Å². The van der Waals surface area contributed by atoms with Crippen LogP contribution < -0.4 is 19.5 Å². The second kappa shape index (κ2) is 17.2. The number of pyridine rings is 1. The molecule has 3 aromatic carbocycles. The van der Waals surface area contributed by atoms with Crippen molar-refractivity contribution in [1.82, 2.24) is 20.2 Å². The number of hydrogen-bond donors (Lipinski definition) is 1. The quantitative estimate of drug-likeness (QED) is 0.103. The average molecular weight is 692 g/mol. The van der Waals surface area contributed by atoms with Gasteiger partial charge in [-0.15, -0.1) is 0 Å². The highest BCUT2D eigenvalue weighted by Gasteiger charge is 2.16. The Labute approximate surface area is 298 Å². The van der Waals surface area contributed by atoms with Crippen molar-refractivity contribution in [3.8, 4) is 34.4 Å². The van der Waals surface area contributed by atoms with Crippen LogP contribution in [-0.4, -0.2) is 41.1 Å². The number of ether oxygens (including phenoxy) is 3. The normalized spacial score (nSPS) is 12.9. The van der Waals surface area contributed by atoms with Gasteiger partial charge in [-0.05, 0) is 92.2 Å². The van der Waals surface area contributed by atoms with Gasteiger partial charge in [0.2, 0.25) is 0 Å². The Hall–Kier alpha value is -4.88. The van der Waals surface area contributed by atoms with E-state index in [2.05, 4.69) is 76.5 Å². The van der Waals surface area contributed by atoms with Gasteiger partial charge in [-0.2, -0.15) is 5.26 Å². The van der Waals surface area contributed by atoms with Crippen molar-refractivity contribution < 1.29 is 18.6 Å². The molecule has 1 fully saturated rings. The molecule has 6 rings (SSSR count). The van der Waals surface area contributed by atoms with Crippen molar-refractivity contribution in [3.63, 3.8) is 0 Å². The smallest absolute Gasteiger partial charge is 0.180 e. The predicted molar refractivity (Wildman–Crippen MR) is 193 cm³/mol. The second-order valence-corrected chi connectivity index (χ2v) is 12.9. The van der Waals surface area contributed by atoms with Gasteiger partial charge >= 0.3 is 0 Å². The van der Waals surface area contributed by atoms with Crippen LogP contribution in [0.25, 0.3) is 11.1 Å². The fraction of sp³-hybridized carbons (Fsp3) is 0.325. The first-order valence-electron chi connectivity index (χ1n) is 17.0. The van der Waals surface area contributed by atoms with E-state index in [0.717, 1.165) is 63.4 Å². The van der Waals surface area contributed by atoms with Crippen molar-refractivity contribution in [2.45, 2.75) is 59.4 Å². The number of nitrogens with one attached hydrogen (secondary N) is 1. The van der Waals surface area contributed by atoms with Gasteiger partial charge in [-0.1, -0.05) is 41.9 Å². The van der Waals surface area contributed by atoms with E-state index in [1.54, 1.807) is 18.5 Å². The summed E-state index contributed by atoms with van der Waals surface area (Å²) in [4.78, 5) is 10.6. The van der Waals surface area contributed by atoms with Crippen molar-refractivity contribution in [2.24, 2.45) is 0 Å². The van der Waals surface area contributed by atoms with Crippen LogP contribution in [0.2, 0.25) is 5.02 Å². The highest BCUT2D eigenvalue weighted by molar-refractivity contribution is 6.32. The standard InChI is InChI=1S/C40H42ClN5O4/c1-28-32(8-5-9-35(28)36-10-6-11-38(29(36)2)47-15-7-14-46-12-3-4-13-46)26-49-40-18-39(48-25-31-16-30(19-42)20-43-21-31)33(17-37(40)41)22-44-23-34-24-45-27-50-34/h5-6,8-11,16-18,20-21,24,27,44H,3-4,7,12-15,22-23,25-26H2,1-2H3. The third kappa shape index (κ3) is 9.01. The highest BCUT2D eigenvalue weighted by atomic mass is 35.5. The van der Waals surface area contributed by atoms with Crippen LogP contribution in [0.3, 0.4) is 0 Å². The molecule has 3 heterocycles. The molecular formula is C40H42ClN5O4. The molecule has 1 aliphatic heterocycles. The van der Waals surface area contributed by atoms with Crippen LogP contribution in [0.4, 0.5) is 0 Å². The molecule has 1 aliphatic rings. The topological polar surface area (TPSA) is 106 Å². The van der Waals surface area contributed by atoms with Gasteiger partial charge < -0.3 is 28.8 Å². The summed E-state index contributed by atoms with van der Waals surface area (Å²) in [5.74, 6) is 2.76. The molecule has 0 unspecified atom stereocenters. The summed E-state index contributed by atoms with van der Waals surface area (Å²) in [6.07, 6.45) is 9.92. The molecule has 0 atom stereocenters. The fourth-order valence-electron chi connectivity index (χ4n) is 6.22. The Morgan fingerprint density at radius 2 is 1.64 bits per heavy atom. The number of rotatable bonds is 16. The minimum absolute atomic E-state index is 0.223. The van der Waals surface area contributed by atoms with Crippen LogP contribution in [0.15, 0.2) is 84.0 Å². The number of hydrogen-bond acceptors (Lipinski definition) is 9. The zero-order valence-electron chi connectivity index (χ0n) is 28.6. The molecule has 9 nitrogen and oxygen atoms in total. The lowest BCUT2D eigenvalue weighted by Crippen LogP contribution is -2.22. The third-order valence-electron chi connectivity index (χ3n) is 9.01. The number of nitrogens with zero attached hydrogens (tertiary/aromatic N) is 4. The molecule has 258 valence electrons. The van der Waals surface area contributed by atoms with Crippen molar-refractivity contribution >= 4 is 11.6 Å². The van der Waals surface area contributed by atoms with E-state index in [-0.39, 0.29) is 6.61 Å². The fourth-order valence-corrected chi connectivity index (χ4v) is 6.46. The third-order valence-corrected chi connectivity index (χ3v) is 9.31. The van der Waals surface area contributed by atoms with Crippen LogP contribution in [0, 0.1) is 25.2 Å². The minimum atomic E-state index is 0.223. The molecular weight excluding hydrogens is 650 g/mol. The van der Waals surface area contributed by atoms with E-state index in [9.17, 15) is 5.26 Å². The summed E-state index contributed by atoms with van der Waals surface area (Å²) in [5, 5.41) is 13.1. The number of aromatic nitrogens is 2. The lowest BCUT2D eigenvalue weighted by molar-refractivity contribution is 0.262. The van der Waals surface area contributed by atoms with Crippen molar-refractivity contribution in [1.29, 1.82) is 5.26 Å². The van der Waals surface area contributed by atoms with E-state index in [4.69, 9.17) is 30.2 Å². The molecule has 0 spiro atoms. The Balaban J connectivity index is 1.16. The van der Waals surface area contributed by atoms with E-state index in [1.807, 2.05) is 12.1 Å². The predicted octanol–water partition coefficient (Wildman–Crippen LogP) is 8.19.